The van der Waals surface area contributed by atoms with Crippen LogP contribution in [0, 0.1) is 0 Å². The summed E-state index contributed by atoms with van der Waals surface area (Å²) in [5, 5.41) is 3.91. The zero-order valence-corrected chi connectivity index (χ0v) is 23.8. The third-order valence-corrected chi connectivity index (χ3v) is 10.1. The predicted octanol–water partition coefficient (Wildman–Crippen LogP) is 7.68. The number of benzene rings is 4. The molecule has 1 unspecified atom stereocenters. The maximum absolute atomic E-state index is 5.36. The van der Waals surface area contributed by atoms with E-state index in [4.69, 9.17) is 9.97 Å². The van der Waals surface area contributed by atoms with Gasteiger partial charge in [-0.1, -0.05) is 103 Å². The molecule has 6 aromatic rings. The van der Waals surface area contributed by atoms with Crippen molar-refractivity contribution in [3.63, 3.8) is 0 Å². The standard InChI is InChI=1S/C38H27N3S/c1-2-10-24(11-3-1)25-18-20-26(21-19-25)37-29-14-4-7-15-32(29)39-38(40-37)41-33-16-8-5-12-27(33)30-23-36-31(22-34(30)41)28-13-6-9-17-35(28)42-36/h1-3,5-6,8-22,36H,4,7,23H2. The second-order valence-electron chi connectivity index (χ2n) is 11.2. The van der Waals surface area contributed by atoms with Gasteiger partial charge in [0.15, 0.2) is 0 Å². The Morgan fingerprint density at radius 3 is 2.33 bits per heavy atom. The van der Waals surface area contributed by atoms with Crippen LogP contribution in [0.1, 0.15) is 29.7 Å². The van der Waals surface area contributed by atoms with E-state index in [1.54, 1.807) is 0 Å². The first-order chi connectivity index (χ1) is 20.8. The maximum atomic E-state index is 5.36. The van der Waals surface area contributed by atoms with Gasteiger partial charge < -0.3 is 0 Å². The molecule has 0 radical (unpaired) electrons. The maximum Gasteiger partial charge on any atom is 0.235 e. The largest absolute Gasteiger partial charge is 0.278 e. The molecule has 0 spiro atoms. The topological polar surface area (TPSA) is 30.7 Å². The summed E-state index contributed by atoms with van der Waals surface area (Å²) < 4.78 is 2.31. The van der Waals surface area contributed by atoms with Crippen LogP contribution < -0.4 is 10.6 Å². The number of hydrogen-bond donors (Lipinski definition) is 0. The molecule has 1 aliphatic heterocycles. The highest BCUT2D eigenvalue weighted by molar-refractivity contribution is 8.00. The summed E-state index contributed by atoms with van der Waals surface area (Å²) in [6.45, 7) is 0. The zero-order chi connectivity index (χ0) is 27.6. The molecule has 2 aliphatic carbocycles. The Morgan fingerprint density at radius 2 is 1.43 bits per heavy atom. The van der Waals surface area contributed by atoms with Crippen LogP contribution in [0.15, 0.2) is 108 Å². The molecule has 0 amide bonds. The van der Waals surface area contributed by atoms with Gasteiger partial charge in [-0.2, -0.15) is 0 Å². The molecule has 1 atom stereocenters. The molecule has 0 fully saturated rings. The summed E-state index contributed by atoms with van der Waals surface area (Å²) in [5.41, 5.74) is 11.1. The number of para-hydroxylation sites is 1. The van der Waals surface area contributed by atoms with Crippen LogP contribution in [0.3, 0.4) is 0 Å². The Morgan fingerprint density at radius 1 is 0.690 bits per heavy atom. The van der Waals surface area contributed by atoms with Gasteiger partial charge in [-0.15, -0.1) is 11.8 Å². The molecule has 3 aliphatic rings. The van der Waals surface area contributed by atoms with E-state index in [2.05, 4.69) is 126 Å². The molecule has 200 valence electrons. The van der Waals surface area contributed by atoms with Gasteiger partial charge in [0, 0.05) is 26.3 Å². The normalized spacial score (nSPS) is 16.5. The molecular formula is C38H27N3S. The number of aromatic nitrogens is 3. The van der Waals surface area contributed by atoms with Crippen LogP contribution in [0.25, 0.3) is 63.0 Å². The molecule has 0 N–H and O–H groups in total. The third-order valence-electron chi connectivity index (χ3n) is 8.80. The van der Waals surface area contributed by atoms with Gasteiger partial charge in [-0.3, -0.25) is 4.57 Å². The Hall–Kier alpha value is -4.67. The summed E-state index contributed by atoms with van der Waals surface area (Å²) in [5.74, 6) is 0.745. The van der Waals surface area contributed by atoms with Crippen molar-refractivity contribution in [3.8, 4) is 28.3 Å². The minimum atomic E-state index is 0.445. The van der Waals surface area contributed by atoms with Crippen LogP contribution in [0.2, 0.25) is 0 Å². The van der Waals surface area contributed by atoms with Crippen molar-refractivity contribution in [2.75, 3.05) is 0 Å². The van der Waals surface area contributed by atoms with Crippen molar-refractivity contribution in [3.05, 3.63) is 131 Å². The molecule has 2 aromatic heterocycles. The fourth-order valence-electron chi connectivity index (χ4n) is 6.81. The average molecular weight is 558 g/mol. The molecular weight excluding hydrogens is 531 g/mol. The number of thioether (sulfide) groups is 1. The second kappa shape index (κ2) is 9.43. The monoisotopic (exact) mass is 557 g/mol. The summed E-state index contributed by atoms with van der Waals surface area (Å²) in [6.07, 6.45) is 10.0. The number of fused-ring (bicyclic) bond motifs is 7. The lowest BCUT2D eigenvalue weighted by atomic mass is 9.91. The van der Waals surface area contributed by atoms with Crippen LogP contribution in [-0.2, 0) is 6.42 Å². The summed E-state index contributed by atoms with van der Waals surface area (Å²) >= 11 is 2.00. The first-order valence-electron chi connectivity index (χ1n) is 14.7. The third kappa shape index (κ3) is 3.68. The van der Waals surface area contributed by atoms with Crippen LogP contribution >= 0.6 is 11.8 Å². The van der Waals surface area contributed by atoms with Gasteiger partial charge in [-0.05, 0) is 65.3 Å². The van der Waals surface area contributed by atoms with Crippen molar-refractivity contribution in [1.82, 2.24) is 14.5 Å². The van der Waals surface area contributed by atoms with E-state index in [1.807, 2.05) is 11.8 Å². The molecule has 0 saturated carbocycles. The Labute approximate surface area is 248 Å². The van der Waals surface area contributed by atoms with Crippen molar-refractivity contribution in [2.45, 2.75) is 29.4 Å². The van der Waals surface area contributed by atoms with E-state index >= 15 is 0 Å². The molecule has 3 nitrogen and oxygen atoms in total. The number of hydrogen-bond acceptors (Lipinski definition) is 3. The lowest BCUT2D eigenvalue weighted by Crippen LogP contribution is -2.34. The van der Waals surface area contributed by atoms with E-state index < -0.39 is 0 Å². The van der Waals surface area contributed by atoms with E-state index in [0.717, 1.165) is 47.0 Å². The fourth-order valence-corrected chi connectivity index (χ4v) is 8.16. The fraction of sp³-hybridized carbons (Fsp3) is 0.105. The summed E-state index contributed by atoms with van der Waals surface area (Å²) in [7, 11) is 0. The summed E-state index contributed by atoms with van der Waals surface area (Å²) in [4.78, 5) is 12.0. The highest BCUT2D eigenvalue weighted by Gasteiger charge is 2.34. The van der Waals surface area contributed by atoms with E-state index in [-0.39, 0.29) is 0 Å². The number of rotatable bonds is 3. The van der Waals surface area contributed by atoms with Crippen molar-refractivity contribution in [2.24, 2.45) is 0 Å². The minimum Gasteiger partial charge on any atom is -0.278 e. The SMILES string of the molecule is C1=C2c3ccccc3SC2Cc2c1n(-c1nc(-c3ccc(-c4ccccc4)cc3)c3c(n1)=CCCC=3)c1ccccc21. The van der Waals surface area contributed by atoms with E-state index in [0.29, 0.717) is 5.25 Å². The van der Waals surface area contributed by atoms with Gasteiger partial charge in [0.2, 0.25) is 5.95 Å². The zero-order valence-electron chi connectivity index (χ0n) is 23.0. The van der Waals surface area contributed by atoms with Gasteiger partial charge in [0.05, 0.1) is 22.3 Å². The highest BCUT2D eigenvalue weighted by atomic mass is 32.2. The predicted molar refractivity (Wildman–Crippen MR) is 175 cm³/mol. The lowest BCUT2D eigenvalue weighted by molar-refractivity contribution is 0.908. The Balaban J connectivity index is 1.26. The molecule has 42 heavy (non-hydrogen) atoms. The van der Waals surface area contributed by atoms with Crippen molar-refractivity contribution < 1.29 is 0 Å². The van der Waals surface area contributed by atoms with Crippen molar-refractivity contribution >= 4 is 46.5 Å². The summed E-state index contributed by atoms with van der Waals surface area (Å²) in [6, 6.07) is 37.0. The Kier molecular flexibility index (Phi) is 5.39. The molecule has 4 heteroatoms. The first kappa shape index (κ1) is 24.0. The lowest BCUT2D eigenvalue weighted by Gasteiger charge is -2.19. The van der Waals surface area contributed by atoms with E-state index in [1.165, 1.54) is 49.3 Å². The average Bonchev–Trinajstić information content (AvgIpc) is 3.58. The smallest absolute Gasteiger partial charge is 0.235 e. The number of nitrogens with zero attached hydrogens (tertiary/aromatic N) is 3. The van der Waals surface area contributed by atoms with Crippen LogP contribution in [-0.4, -0.2) is 19.8 Å². The van der Waals surface area contributed by atoms with Gasteiger partial charge in [0.1, 0.15) is 0 Å². The molecule has 0 bridgehead atoms. The molecule has 3 heterocycles. The molecule has 0 saturated heterocycles. The molecule has 4 aromatic carbocycles. The van der Waals surface area contributed by atoms with Crippen molar-refractivity contribution in [1.29, 1.82) is 0 Å². The first-order valence-corrected chi connectivity index (χ1v) is 15.5. The van der Waals surface area contributed by atoms with Gasteiger partial charge in [-0.25, -0.2) is 9.97 Å². The van der Waals surface area contributed by atoms with Gasteiger partial charge in [0.25, 0.3) is 0 Å². The minimum absolute atomic E-state index is 0.445. The van der Waals surface area contributed by atoms with Crippen LogP contribution in [0.5, 0.6) is 0 Å². The van der Waals surface area contributed by atoms with E-state index in [9.17, 15) is 0 Å². The van der Waals surface area contributed by atoms with Crippen LogP contribution in [0.4, 0.5) is 0 Å². The second-order valence-corrected chi connectivity index (χ2v) is 12.5. The quantitative estimate of drug-likeness (QED) is 0.224. The highest BCUT2D eigenvalue weighted by Crippen LogP contribution is 2.50. The van der Waals surface area contributed by atoms with Gasteiger partial charge >= 0.3 is 0 Å². The molecule has 9 rings (SSSR count). The Bertz CT molecular complexity index is 2190.